The second kappa shape index (κ2) is 7.39. The molecule has 1 amide bonds. The summed E-state index contributed by atoms with van der Waals surface area (Å²) in [6, 6.07) is 12.8. The average Bonchev–Trinajstić information content (AvgIpc) is 3.05. The molecule has 30 heavy (non-hydrogen) atoms. The maximum atomic E-state index is 14.7. The first-order chi connectivity index (χ1) is 14.2. The number of aliphatic imine (C=N–C) groups is 1. The van der Waals surface area contributed by atoms with Crippen molar-refractivity contribution in [2.75, 3.05) is 6.61 Å². The van der Waals surface area contributed by atoms with E-state index in [1.54, 1.807) is 18.2 Å². The van der Waals surface area contributed by atoms with Crippen LogP contribution in [0.25, 0.3) is 0 Å². The van der Waals surface area contributed by atoms with Gasteiger partial charge in [0.2, 0.25) is 6.10 Å². The second-order valence-corrected chi connectivity index (χ2v) is 7.26. The number of alkyl halides is 3. The number of amides is 1. The fourth-order valence-electron chi connectivity index (χ4n) is 4.07. The molecule has 3 unspecified atom stereocenters. The van der Waals surface area contributed by atoms with Crippen LogP contribution in [0.15, 0.2) is 59.6 Å². The molecule has 2 heterocycles. The summed E-state index contributed by atoms with van der Waals surface area (Å²) < 4.78 is 67.1. The summed E-state index contributed by atoms with van der Waals surface area (Å²) in [5.74, 6) is -2.73. The smallest absolute Gasteiger partial charge is 0.426 e. The largest absolute Gasteiger partial charge is 0.451 e. The lowest BCUT2D eigenvalue weighted by Crippen LogP contribution is -2.56. The van der Waals surface area contributed by atoms with Gasteiger partial charge in [-0.05, 0) is 25.1 Å². The predicted molar refractivity (Wildman–Crippen MR) is 99.3 cm³/mol. The van der Waals surface area contributed by atoms with Gasteiger partial charge >= 0.3 is 6.18 Å². The third kappa shape index (κ3) is 3.43. The Morgan fingerprint density at radius 1 is 1.13 bits per heavy atom. The molecule has 158 valence electrons. The average molecular weight is 422 g/mol. The summed E-state index contributed by atoms with van der Waals surface area (Å²) in [5, 5.41) is 2.29. The molecule has 1 fully saturated rings. The highest BCUT2D eigenvalue weighted by Crippen LogP contribution is 2.51. The summed E-state index contributed by atoms with van der Waals surface area (Å²) in [4.78, 5) is 16.8. The minimum absolute atomic E-state index is 0.0386. The van der Waals surface area contributed by atoms with Gasteiger partial charge in [-0.1, -0.05) is 36.4 Å². The topological polar surface area (TPSA) is 59.9 Å². The minimum atomic E-state index is -4.79. The Labute approximate surface area is 169 Å². The first kappa shape index (κ1) is 20.3. The molecule has 1 N–H and O–H groups in total. The van der Waals surface area contributed by atoms with Gasteiger partial charge in [-0.3, -0.25) is 10.1 Å². The molecular weight excluding hydrogens is 404 g/mol. The molecule has 4 atom stereocenters. The number of benzene rings is 2. The van der Waals surface area contributed by atoms with Crippen molar-refractivity contribution in [1.29, 1.82) is 0 Å². The van der Waals surface area contributed by atoms with E-state index in [4.69, 9.17) is 9.47 Å². The van der Waals surface area contributed by atoms with Crippen molar-refractivity contribution in [1.82, 2.24) is 5.32 Å². The van der Waals surface area contributed by atoms with Gasteiger partial charge in [0.25, 0.3) is 11.9 Å². The minimum Gasteiger partial charge on any atom is -0.451 e. The monoisotopic (exact) mass is 422 g/mol. The number of carbonyl (C=O) groups excluding carboxylic acids is 1. The fraction of sp³-hybridized carbons (Fsp3) is 0.333. The molecule has 9 heteroatoms. The molecule has 0 bridgehead atoms. The molecule has 0 saturated carbocycles. The Hall–Kier alpha value is -2.94. The molecule has 2 aromatic carbocycles. The number of carbonyl (C=O) groups is 1. The molecule has 0 spiro atoms. The maximum Gasteiger partial charge on any atom is 0.426 e. The molecule has 2 aliphatic rings. The van der Waals surface area contributed by atoms with Gasteiger partial charge in [-0.15, -0.1) is 0 Å². The molecule has 1 saturated heterocycles. The lowest BCUT2D eigenvalue weighted by atomic mass is 9.74. The first-order valence-corrected chi connectivity index (χ1v) is 9.28. The summed E-state index contributed by atoms with van der Waals surface area (Å²) in [6.45, 7) is 1.19. The number of halogens is 4. The third-order valence-electron chi connectivity index (χ3n) is 5.41. The van der Waals surface area contributed by atoms with Crippen molar-refractivity contribution in [3.8, 4) is 0 Å². The highest BCUT2D eigenvalue weighted by atomic mass is 19.4. The Morgan fingerprint density at radius 2 is 1.80 bits per heavy atom. The van der Waals surface area contributed by atoms with Gasteiger partial charge < -0.3 is 9.47 Å². The van der Waals surface area contributed by atoms with Crippen molar-refractivity contribution in [3.63, 3.8) is 0 Å². The van der Waals surface area contributed by atoms with Crippen LogP contribution >= 0.6 is 0 Å². The summed E-state index contributed by atoms with van der Waals surface area (Å²) in [6.07, 6.45) is -8.02. The number of hydrogen-bond acceptors (Lipinski definition) is 4. The first-order valence-electron chi connectivity index (χ1n) is 9.28. The van der Waals surface area contributed by atoms with E-state index in [0.29, 0.717) is 0 Å². The summed E-state index contributed by atoms with van der Waals surface area (Å²) in [7, 11) is 0. The van der Waals surface area contributed by atoms with E-state index >= 15 is 0 Å². The number of amidine groups is 1. The van der Waals surface area contributed by atoms with Crippen LogP contribution in [-0.4, -0.2) is 36.9 Å². The van der Waals surface area contributed by atoms with Crippen molar-refractivity contribution >= 4 is 11.9 Å². The SMILES string of the molecule is CC1OCC2(c3ccccc3F)N=C(NC(=O)c3ccccc3)O[C@H](C(F)(F)F)C12. The lowest BCUT2D eigenvalue weighted by molar-refractivity contribution is -0.227. The van der Waals surface area contributed by atoms with Crippen LogP contribution in [0, 0.1) is 11.7 Å². The summed E-state index contributed by atoms with van der Waals surface area (Å²) in [5.41, 5.74) is -1.52. The summed E-state index contributed by atoms with van der Waals surface area (Å²) >= 11 is 0. The van der Waals surface area contributed by atoms with Crippen LogP contribution in [0.4, 0.5) is 17.6 Å². The standard InChI is InChI=1S/C21H18F4N2O3/c1-12-16-17(21(23,24)25)30-19(26-18(28)13-7-3-2-4-8-13)27-20(16,11-29-12)14-9-5-6-10-15(14)22/h2-10,12,16-17H,11H2,1H3,(H,26,27,28)/t12?,16?,17-,20?/m0/s1. The van der Waals surface area contributed by atoms with Crippen molar-refractivity contribution in [2.45, 2.75) is 30.8 Å². The Balaban J connectivity index is 1.81. The predicted octanol–water partition coefficient (Wildman–Crippen LogP) is 3.80. The van der Waals surface area contributed by atoms with E-state index in [9.17, 15) is 22.4 Å². The van der Waals surface area contributed by atoms with Crippen LogP contribution in [0.2, 0.25) is 0 Å². The number of nitrogens with one attached hydrogen (secondary N) is 1. The molecule has 0 radical (unpaired) electrons. The second-order valence-electron chi connectivity index (χ2n) is 7.26. The van der Waals surface area contributed by atoms with Gasteiger partial charge in [0.05, 0.1) is 18.6 Å². The molecule has 2 aromatic rings. The molecule has 0 aromatic heterocycles. The molecule has 5 nitrogen and oxygen atoms in total. The van der Waals surface area contributed by atoms with Crippen LogP contribution in [0.1, 0.15) is 22.8 Å². The van der Waals surface area contributed by atoms with Crippen LogP contribution in [-0.2, 0) is 15.0 Å². The van der Waals surface area contributed by atoms with Gasteiger partial charge in [0, 0.05) is 11.1 Å². The Bertz CT molecular complexity index is 980. The molecular formula is C21H18F4N2O3. The quantitative estimate of drug-likeness (QED) is 0.749. The third-order valence-corrected chi connectivity index (χ3v) is 5.41. The zero-order valence-corrected chi connectivity index (χ0v) is 15.8. The van der Waals surface area contributed by atoms with Crippen LogP contribution in [0.5, 0.6) is 0 Å². The lowest BCUT2D eigenvalue weighted by Gasteiger charge is -2.41. The van der Waals surface area contributed by atoms with Crippen molar-refractivity contribution in [2.24, 2.45) is 10.9 Å². The normalized spacial score (nSPS) is 28.3. The number of ether oxygens (including phenoxy) is 2. The van der Waals surface area contributed by atoms with Gasteiger partial charge in [0.15, 0.2) is 0 Å². The number of fused-ring (bicyclic) bond motifs is 1. The van der Waals surface area contributed by atoms with Crippen molar-refractivity contribution in [3.05, 3.63) is 71.5 Å². The van der Waals surface area contributed by atoms with Gasteiger partial charge in [-0.2, -0.15) is 13.2 Å². The van der Waals surface area contributed by atoms with E-state index in [0.717, 1.165) is 6.07 Å². The van der Waals surface area contributed by atoms with Crippen molar-refractivity contribution < 1.29 is 31.8 Å². The zero-order chi connectivity index (χ0) is 21.5. The number of nitrogens with zero attached hydrogens (tertiary/aromatic N) is 1. The van der Waals surface area contributed by atoms with E-state index in [1.165, 1.54) is 37.3 Å². The molecule has 4 rings (SSSR count). The number of rotatable bonds is 2. The zero-order valence-electron chi connectivity index (χ0n) is 15.8. The van der Waals surface area contributed by atoms with E-state index in [-0.39, 0.29) is 17.7 Å². The highest BCUT2D eigenvalue weighted by Gasteiger charge is 2.64. The Kier molecular flexibility index (Phi) is 5.01. The van der Waals surface area contributed by atoms with E-state index < -0.39 is 47.6 Å². The van der Waals surface area contributed by atoms with E-state index in [1.807, 2.05) is 0 Å². The van der Waals surface area contributed by atoms with Crippen LogP contribution in [0.3, 0.4) is 0 Å². The highest BCUT2D eigenvalue weighted by molar-refractivity contribution is 6.04. The maximum absolute atomic E-state index is 14.7. The molecule has 2 aliphatic heterocycles. The number of hydrogen-bond donors (Lipinski definition) is 1. The van der Waals surface area contributed by atoms with Gasteiger partial charge in [0.1, 0.15) is 11.4 Å². The fourth-order valence-corrected chi connectivity index (χ4v) is 4.07. The van der Waals surface area contributed by atoms with Crippen LogP contribution < -0.4 is 5.32 Å². The molecule has 0 aliphatic carbocycles. The van der Waals surface area contributed by atoms with Gasteiger partial charge in [-0.25, -0.2) is 9.38 Å². The van der Waals surface area contributed by atoms with E-state index in [2.05, 4.69) is 10.3 Å². The Morgan fingerprint density at radius 3 is 2.47 bits per heavy atom.